The van der Waals surface area contributed by atoms with Crippen molar-refractivity contribution in [1.82, 2.24) is 18.5 Å². The van der Waals surface area contributed by atoms with Crippen molar-refractivity contribution in [3.8, 4) is 22.5 Å². The molecule has 7 heteroatoms. The van der Waals surface area contributed by atoms with Crippen LogP contribution >= 0.6 is 0 Å². The molecule has 1 aliphatic rings. The van der Waals surface area contributed by atoms with Gasteiger partial charge in [0, 0.05) is 69.3 Å². The normalized spacial score (nSPS) is 15.1. The number of aromatic nitrogens is 4. The van der Waals surface area contributed by atoms with E-state index in [1.54, 1.807) is 48.5 Å². The number of fused-ring (bicyclic) bond motifs is 5. The van der Waals surface area contributed by atoms with Crippen molar-refractivity contribution in [2.75, 3.05) is 0 Å². The summed E-state index contributed by atoms with van der Waals surface area (Å²) in [7, 11) is 0. The maximum atomic E-state index is 9.98. The Kier molecular flexibility index (Phi) is 8.12. The number of imidazole rings is 1. The molecular formula is C64H53N4O2Pt-3. The van der Waals surface area contributed by atoms with Crippen molar-refractivity contribution >= 4 is 82.4 Å². The van der Waals surface area contributed by atoms with E-state index < -0.39 is 48.2 Å². The molecule has 0 atom stereocenters. The fourth-order valence-electron chi connectivity index (χ4n) is 9.22. The molecule has 8 aromatic carbocycles. The number of aryl methyl sites for hydroxylation is 1. The summed E-state index contributed by atoms with van der Waals surface area (Å²) in [6.07, 6.45) is 3.31. The van der Waals surface area contributed by atoms with E-state index in [4.69, 9.17) is 24.8 Å². The predicted molar refractivity (Wildman–Crippen MR) is 291 cm³/mol. The van der Waals surface area contributed by atoms with Crippen LogP contribution in [0.3, 0.4) is 0 Å². The molecule has 14 rings (SSSR count). The van der Waals surface area contributed by atoms with Crippen LogP contribution in [-0.2, 0) is 31.9 Å². The first kappa shape index (κ1) is 33.1. The van der Waals surface area contributed by atoms with Crippen LogP contribution in [0.4, 0.5) is 0 Å². The maximum Gasteiger partial charge on any atom is 0.135 e. The zero-order valence-corrected chi connectivity index (χ0v) is 41.9. The van der Waals surface area contributed by atoms with Crippen molar-refractivity contribution in [2.24, 2.45) is 0 Å². The van der Waals surface area contributed by atoms with Gasteiger partial charge in [0.2, 0.25) is 0 Å². The SMILES string of the molecule is [2H]c1c([2H])c(-c2cc(C(C)(C)C)cc3c4ccccc4oc4ccc(cc4)c4cnc(cc4C([2H])([2H])[2H])n4c5[c-]c(ccc5c5c([2H])c([2H])c(C([2H])([2H])[2H])c([2H])c54)oc4[c-]c(ccc4)n4[cH-]n(c23)-c2ccccc2-4)c([2H])c(C(C)(C)C)c1[2H].[Pt]. The molecule has 10 bridgehead atoms. The van der Waals surface area contributed by atoms with Crippen LogP contribution in [0.1, 0.15) is 81.6 Å². The molecule has 1 aliphatic heterocycles. The number of benzene rings is 8. The fourth-order valence-corrected chi connectivity index (χ4v) is 9.22. The zero-order valence-electron chi connectivity index (χ0n) is 52.6. The van der Waals surface area contributed by atoms with E-state index in [1.165, 1.54) is 16.7 Å². The largest absolute Gasteiger partial charge is 0.510 e. The molecule has 71 heavy (non-hydrogen) atoms. The quantitative estimate of drug-likeness (QED) is 0.154. The minimum absolute atomic E-state index is 0. The summed E-state index contributed by atoms with van der Waals surface area (Å²) < 4.78 is 136. The van der Waals surface area contributed by atoms with E-state index in [2.05, 4.69) is 39.0 Å². The monoisotopic (exact) mass is 1120 g/mol. The number of nitrogens with zero attached hydrogens (tertiary/aromatic N) is 4. The standard InChI is InChI=1S/C64H53N4O2.Pt/c1-40-23-29-50-51-30-28-49-37-59(51)68(58(50)31-40)61-32-41(2)55(38-65-61)42-24-26-47(27-25-42)70-60-22-12-9-19-52(60)54-35-45(64(6,7)8)34-53(43-15-13-16-44(33-43)63(3,4)5)62(54)67-39-66(56-20-10-11-21-57(56)67)46-17-14-18-48(36-46)69-49;/h9-35,38-39H,1-8H3;/q-3;/i1D3,2D3,13D,15D,16D,23D,29D,31D,33D;. The second kappa shape index (κ2) is 17.4. The third kappa shape index (κ3) is 8.14. The molecule has 5 aromatic heterocycles. The number of hydrogen-bond donors (Lipinski definition) is 0. The van der Waals surface area contributed by atoms with Gasteiger partial charge in [-0.15, -0.1) is 29.1 Å². The Morgan fingerprint density at radius 3 is 2.20 bits per heavy atom. The molecule has 0 saturated heterocycles. The van der Waals surface area contributed by atoms with E-state index in [1.807, 2.05) is 96.9 Å². The number of hydrogen-bond acceptors (Lipinski definition) is 3. The first-order valence-corrected chi connectivity index (χ1v) is 23.0. The Morgan fingerprint density at radius 1 is 0.634 bits per heavy atom. The third-order valence-electron chi connectivity index (χ3n) is 12.8. The van der Waals surface area contributed by atoms with Crippen LogP contribution in [-0.4, -0.2) is 18.5 Å². The molecule has 0 radical (unpaired) electrons. The topological polar surface area (TPSA) is 53.4 Å². The third-order valence-corrected chi connectivity index (χ3v) is 12.8. The molecule has 0 amide bonds. The Hall–Kier alpha value is -7.53. The van der Waals surface area contributed by atoms with Gasteiger partial charge in [-0.3, -0.25) is 0 Å². The Balaban J connectivity index is 0.00000736. The van der Waals surface area contributed by atoms with Crippen LogP contribution in [0, 0.1) is 25.8 Å². The van der Waals surface area contributed by atoms with Crippen molar-refractivity contribution < 1.29 is 47.7 Å². The van der Waals surface area contributed by atoms with E-state index in [-0.39, 0.29) is 95.0 Å². The average molecular weight is 1120 g/mol. The van der Waals surface area contributed by atoms with Gasteiger partial charge in [-0.05, 0) is 121 Å². The van der Waals surface area contributed by atoms with Gasteiger partial charge in [-0.1, -0.05) is 150 Å². The van der Waals surface area contributed by atoms with Crippen LogP contribution < -0.4 is 0 Å². The summed E-state index contributed by atoms with van der Waals surface area (Å²) in [5, 5.41) is 2.42. The van der Waals surface area contributed by atoms with E-state index in [9.17, 15) is 6.85 Å². The minimum atomic E-state index is -2.96. The Labute approximate surface area is 446 Å². The molecule has 0 aliphatic carbocycles. The Morgan fingerprint density at radius 2 is 1.41 bits per heavy atom. The molecule has 13 aromatic rings. The molecule has 0 N–H and O–H groups in total. The van der Waals surface area contributed by atoms with Crippen molar-refractivity contribution in [3.05, 3.63) is 211 Å². The van der Waals surface area contributed by atoms with Crippen molar-refractivity contribution in [2.45, 2.75) is 66.1 Å². The smallest absolute Gasteiger partial charge is 0.135 e. The molecule has 0 unspecified atom stereocenters. The van der Waals surface area contributed by atoms with E-state index >= 15 is 0 Å². The summed E-state index contributed by atoms with van der Waals surface area (Å²) in [6.45, 7) is 6.26. The molecule has 0 saturated carbocycles. The molecule has 0 spiro atoms. The summed E-state index contributed by atoms with van der Waals surface area (Å²) in [5.74, 6) is 0. The second-order valence-corrected chi connectivity index (χ2v) is 19.6. The van der Waals surface area contributed by atoms with Crippen molar-refractivity contribution in [1.29, 1.82) is 0 Å². The van der Waals surface area contributed by atoms with Crippen LogP contribution in [0.25, 0.3) is 105 Å². The molecule has 354 valence electrons. The van der Waals surface area contributed by atoms with Gasteiger partial charge in [-0.25, -0.2) is 4.98 Å². The van der Waals surface area contributed by atoms with E-state index in [0.29, 0.717) is 54.9 Å². The summed E-state index contributed by atoms with van der Waals surface area (Å²) in [6, 6.07) is 40.5. The number of rotatable bonds is 1. The first-order valence-electron chi connectivity index (χ1n) is 29.5. The molecule has 6 heterocycles. The minimum Gasteiger partial charge on any atom is -0.510 e. The van der Waals surface area contributed by atoms with Gasteiger partial charge in [0.25, 0.3) is 0 Å². The molecular weight excluding hydrogens is 1050 g/mol. The van der Waals surface area contributed by atoms with E-state index in [0.717, 1.165) is 16.9 Å². The van der Waals surface area contributed by atoms with Gasteiger partial charge in [-0.2, -0.15) is 24.3 Å². The van der Waals surface area contributed by atoms with Gasteiger partial charge in [0.15, 0.2) is 0 Å². The number of pyridine rings is 1. The molecule has 0 fully saturated rings. The van der Waals surface area contributed by atoms with Gasteiger partial charge in [0.1, 0.15) is 16.8 Å². The average Bonchev–Trinajstić information content (AvgIpc) is 1.56. The van der Waals surface area contributed by atoms with Gasteiger partial charge in [0.05, 0.1) is 9.60 Å². The van der Waals surface area contributed by atoms with Crippen molar-refractivity contribution in [3.63, 3.8) is 0 Å². The summed E-state index contributed by atoms with van der Waals surface area (Å²) >= 11 is 0. The number of para-hydroxylation sites is 3. The summed E-state index contributed by atoms with van der Waals surface area (Å²) in [4.78, 5) is 4.80. The van der Waals surface area contributed by atoms with Crippen LogP contribution in [0.2, 0.25) is 0 Å². The maximum absolute atomic E-state index is 9.98. The van der Waals surface area contributed by atoms with Crippen LogP contribution in [0.15, 0.2) is 185 Å². The van der Waals surface area contributed by atoms with Gasteiger partial charge >= 0.3 is 0 Å². The second-order valence-electron chi connectivity index (χ2n) is 19.6. The predicted octanol–water partition coefficient (Wildman–Crippen LogP) is 17.2. The summed E-state index contributed by atoms with van der Waals surface area (Å²) in [5.41, 5.74) is 3.70. The van der Waals surface area contributed by atoms with Gasteiger partial charge < -0.3 is 22.4 Å². The van der Waals surface area contributed by atoms with Crippen LogP contribution in [0.5, 0.6) is 0 Å². The zero-order chi connectivity index (χ0) is 59.1. The first-order chi connectivity index (χ1) is 39.1. The fraction of sp³-hybridized carbons (Fsp3) is 0.156. The molecule has 6 nitrogen and oxygen atoms in total. The Bertz CT molecular complexity index is 4880.